The number of ether oxygens (including phenoxy) is 1. The van der Waals surface area contributed by atoms with Crippen molar-refractivity contribution in [2.75, 3.05) is 6.54 Å². The maximum absolute atomic E-state index is 5.37. The van der Waals surface area contributed by atoms with E-state index in [1.54, 1.807) is 0 Å². The van der Waals surface area contributed by atoms with Gasteiger partial charge in [0.2, 0.25) is 0 Å². The van der Waals surface area contributed by atoms with Gasteiger partial charge in [-0.25, -0.2) is 0 Å². The van der Waals surface area contributed by atoms with E-state index in [0.29, 0.717) is 5.17 Å². The molecule has 0 aromatic carbocycles. The number of nitrogens with one attached hydrogen (secondary N) is 1. The Hall–Kier alpha value is -0.570. The van der Waals surface area contributed by atoms with Gasteiger partial charge in [-0.2, -0.15) is 0 Å². The lowest BCUT2D eigenvalue weighted by Crippen LogP contribution is -2.27. The highest BCUT2D eigenvalue weighted by Crippen LogP contribution is 1.94. The van der Waals surface area contributed by atoms with Crippen LogP contribution in [-0.4, -0.2) is 17.8 Å². The Kier molecular flexibility index (Phi) is 7.69. The van der Waals surface area contributed by atoms with Gasteiger partial charge >= 0.3 is 0 Å². The lowest BCUT2D eigenvalue weighted by atomic mass is 10.3. The van der Waals surface area contributed by atoms with E-state index in [1.165, 1.54) is 6.42 Å². The van der Waals surface area contributed by atoms with Crippen LogP contribution in [0.4, 0.5) is 0 Å². The van der Waals surface area contributed by atoms with Crippen molar-refractivity contribution in [1.29, 1.82) is 0 Å². The Balaban J connectivity index is 3.50. The zero-order valence-electron chi connectivity index (χ0n) is 8.67. The van der Waals surface area contributed by atoms with Gasteiger partial charge in [-0.3, -0.25) is 0 Å². The molecule has 0 radical (unpaired) electrons. The first kappa shape index (κ1) is 12.4. The van der Waals surface area contributed by atoms with Gasteiger partial charge in [-0.15, -0.1) is 0 Å². The predicted octanol–water partition coefficient (Wildman–Crippen LogP) is 2.64. The number of rotatable bonds is 5. The standard InChI is InChI=1S/C10H19NOS/c1-4-6-8-11-10(13)12-9(3)7-5-2/h5,7,9H,4,6,8H2,1-3H3,(H,11,13)/b7-5+/t9-/m0/s1. The normalized spacial score (nSPS) is 12.8. The van der Waals surface area contributed by atoms with Crippen LogP contribution >= 0.6 is 12.2 Å². The summed E-state index contributed by atoms with van der Waals surface area (Å²) in [5.74, 6) is 0. The largest absolute Gasteiger partial charge is 0.464 e. The summed E-state index contributed by atoms with van der Waals surface area (Å²) in [5, 5.41) is 3.55. The quantitative estimate of drug-likeness (QED) is 0.420. The third kappa shape index (κ3) is 7.78. The zero-order valence-corrected chi connectivity index (χ0v) is 9.49. The molecule has 0 saturated heterocycles. The first-order chi connectivity index (χ1) is 6.20. The van der Waals surface area contributed by atoms with Crippen LogP contribution in [0.2, 0.25) is 0 Å². The van der Waals surface area contributed by atoms with Crippen molar-refractivity contribution in [3.63, 3.8) is 0 Å². The van der Waals surface area contributed by atoms with Crippen molar-refractivity contribution in [3.05, 3.63) is 12.2 Å². The second kappa shape index (κ2) is 8.05. The molecule has 0 aliphatic carbocycles. The fourth-order valence-corrected chi connectivity index (χ4v) is 1.14. The maximum atomic E-state index is 5.37. The Bertz CT molecular complexity index is 168. The number of unbranched alkanes of at least 4 members (excludes halogenated alkanes) is 1. The summed E-state index contributed by atoms with van der Waals surface area (Å²) in [5.41, 5.74) is 0. The number of hydrogen-bond donors (Lipinski definition) is 1. The van der Waals surface area contributed by atoms with Gasteiger partial charge in [0.05, 0.1) is 0 Å². The second-order valence-corrected chi connectivity index (χ2v) is 3.29. The third-order valence-corrected chi connectivity index (χ3v) is 1.80. The van der Waals surface area contributed by atoms with Crippen molar-refractivity contribution >= 4 is 17.4 Å². The van der Waals surface area contributed by atoms with Crippen LogP contribution in [0, 0.1) is 0 Å². The van der Waals surface area contributed by atoms with Gasteiger partial charge in [0.15, 0.2) is 0 Å². The minimum Gasteiger partial charge on any atom is -0.464 e. The fourth-order valence-electron chi connectivity index (χ4n) is 0.888. The zero-order chi connectivity index (χ0) is 10.1. The van der Waals surface area contributed by atoms with Crippen LogP contribution < -0.4 is 5.32 Å². The molecule has 1 atom stereocenters. The van der Waals surface area contributed by atoms with Crippen LogP contribution in [0.25, 0.3) is 0 Å². The summed E-state index contributed by atoms with van der Waals surface area (Å²) in [6, 6.07) is 0. The molecule has 0 spiro atoms. The first-order valence-electron chi connectivity index (χ1n) is 4.78. The summed E-state index contributed by atoms with van der Waals surface area (Å²) in [6.45, 7) is 6.98. The average Bonchev–Trinajstić information content (AvgIpc) is 2.05. The molecule has 0 aliphatic rings. The molecule has 0 saturated carbocycles. The van der Waals surface area contributed by atoms with E-state index < -0.39 is 0 Å². The molecule has 0 heterocycles. The smallest absolute Gasteiger partial charge is 0.257 e. The molecule has 0 aromatic rings. The Morgan fingerprint density at radius 1 is 1.62 bits per heavy atom. The predicted molar refractivity (Wildman–Crippen MR) is 60.9 cm³/mol. The lowest BCUT2D eigenvalue weighted by molar-refractivity contribution is 0.251. The van der Waals surface area contributed by atoms with E-state index in [1.807, 2.05) is 26.0 Å². The van der Waals surface area contributed by atoms with Crippen LogP contribution in [0.5, 0.6) is 0 Å². The van der Waals surface area contributed by atoms with Gasteiger partial charge in [-0.1, -0.05) is 19.4 Å². The summed E-state index contributed by atoms with van der Waals surface area (Å²) in [6.07, 6.45) is 6.28. The Labute approximate surface area is 86.4 Å². The fraction of sp³-hybridized carbons (Fsp3) is 0.700. The van der Waals surface area contributed by atoms with E-state index in [4.69, 9.17) is 17.0 Å². The Morgan fingerprint density at radius 3 is 2.85 bits per heavy atom. The third-order valence-electron chi connectivity index (χ3n) is 1.56. The summed E-state index contributed by atoms with van der Waals surface area (Å²) < 4.78 is 5.37. The molecule has 2 nitrogen and oxygen atoms in total. The topological polar surface area (TPSA) is 21.3 Å². The molecule has 0 aliphatic heterocycles. The number of thiocarbonyl (C=S) groups is 1. The van der Waals surface area contributed by atoms with E-state index in [2.05, 4.69) is 12.2 Å². The molecule has 0 bridgehead atoms. The van der Waals surface area contributed by atoms with E-state index in [-0.39, 0.29) is 6.10 Å². The van der Waals surface area contributed by atoms with Crippen LogP contribution in [0.15, 0.2) is 12.2 Å². The maximum Gasteiger partial charge on any atom is 0.257 e. The highest BCUT2D eigenvalue weighted by molar-refractivity contribution is 7.80. The molecule has 0 rings (SSSR count). The first-order valence-corrected chi connectivity index (χ1v) is 5.18. The molecule has 3 heteroatoms. The van der Waals surface area contributed by atoms with Gasteiger partial charge in [0, 0.05) is 6.54 Å². The van der Waals surface area contributed by atoms with Crippen molar-refractivity contribution in [1.82, 2.24) is 5.32 Å². The Morgan fingerprint density at radius 2 is 2.31 bits per heavy atom. The van der Waals surface area contributed by atoms with Crippen molar-refractivity contribution in [3.8, 4) is 0 Å². The van der Waals surface area contributed by atoms with Gasteiger partial charge < -0.3 is 10.1 Å². The molecular weight excluding hydrogens is 182 g/mol. The van der Waals surface area contributed by atoms with E-state index >= 15 is 0 Å². The molecular formula is C10H19NOS. The van der Waals surface area contributed by atoms with Crippen LogP contribution in [0.1, 0.15) is 33.6 Å². The highest BCUT2D eigenvalue weighted by Gasteiger charge is 2.00. The minimum atomic E-state index is 0.0617. The highest BCUT2D eigenvalue weighted by atomic mass is 32.1. The van der Waals surface area contributed by atoms with Crippen molar-refractivity contribution in [2.45, 2.75) is 39.7 Å². The number of allylic oxidation sites excluding steroid dienone is 1. The van der Waals surface area contributed by atoms with Gasteiger partial charge in [0.1, 0.15) is 6.10 Å². The molecule has 0 aromatic heterocycles. The SMILES string of the molecule is C/C=C/[C@H](C)OC(=S)NCCCC. The lowest BCUT2D eigenvalue weighted by Gasteiger charge is -2.12. The van der Waals surface area contributed by atoms with E-state index in [9.17, 15) is 0 Å². The van der Waals surface area contributed by atoms with Gasteiger partial charge in [-0.05, 0) is 38.6 Å². The molecule has 76 valence electrons. The van der Waals surface area contributed by atoms with Crippen molar-refractivity contribution < 1.29 is 4.74 Å². The second-order valence-electron chi connectivity index (χ2n) is 2.92. The molecule has 0 fully saturated rings. The summed E-state index contributed by atoms with van der Waals surface area (Å²) in [4.78, 5) is 0. The van der Waals surface area contributed by atoms with E-state index in [0.717, 1.165) is 13.0 Å². The summed E-state index contributed by atoms with van der Waals surface area (Å²) in [7, 11) is 0. The van der Waals surface area contributed by atoms with Gasteiger partial charge in [0.25, 0.3) is 5.17 Å². The monoisotopic (exact) mass is 201 g/mol. The number of hydrogen-bond acceptors (Lipinski definition) is 2. The molecule has 0 amide bonds. The van der Waals surface area contributed by atoms with Crippen LogP contribution in [0.3, 0.4) is 0 Å². The minimum absolute atomic E-state index is 0.0617. The molecule has 13 heavy (non-hydrogen) atoms. The average molecular weight is 201 g/mol. The molecule has 1 N–H and O–H groups in total. The summed E-state index contributed by atoms with van der Waals surface area (Å²) >= 11 is 4.99. The van der Waals surface area contributed by atoms with Crippen LogP contribution in [-0.2, 0) is 4.74 Å². The molecule has 0 unspecified atom stereocenters. The van der Waals surface area contributed by atoms with Crippen molar-refractivity contribution in [2.24, 2.45) is 0 Å².